The molecule has 1 amide bonds. The predicted octanol–water partition coefficient (Wildman–Crippen LogP) is 2.22. The van der Waals surface area contributed by atoms with Gasteiger partial charge in [0.25, 0.3) is 5.91 Å². The number of carbonyl (C=O) groups excluding carboxylic acids is 1. The number of amides is 1. The van der Waals surface area contributed by atoms with Crippen LogP contribution in [-0.2, 0) is 4.79 Å². The van der Waals surface area contributed by atoms with E-state index in [4.69, 9.17) is 5.11 Å². The van der Waals surface area contributed by atoms with Crippen LogP contribution < -0.4 is 0 Å². The summed E-state index contributed by atoms with van der Waals surface area (Å²) in [6, 6.07) is 3.34. The summed E-state index contributed by atoms with van der Waals surface area (Å²) in [7, 11) is 0. The van der Waals surface area contributed by atoms with Gasteiger partial charge in [-0.05, 0) is 31.1 Å². The van der Waals surface area contributed by atoms with E-state index in [1.54, 1.807) is 17.0 Å². The molecule has 21 heavy (non-hydrogen) atoms. The van der Waals surface area contributed by atoms with Crippen molar-refractivity contribution in [3.8, 4) is 0 Å². The maximum atomic E-state index is 12.6. The standard InChI is InChI=1S/C15H19NO4S/c17-10-11-4-2-1-3-9-16(11)15(20)13-7-5-12(21-13)6-8-14(18)19/h5-8,11,17H,1-4,9-10H2,(H,18,19)/b8-6+. The zero-order chi connectivity index (χ0) is 15.2. The Morgan fingerprint density at radius 2 is 2.14 bits per heavy atom. The molecule has 0 radical (unpaired) electrons. The van der Waals surface area contributed by atoms with E-state index in [-0.39, 0.29) is 18.6 Å². The Balaban J connectivity index is 2.12. The number of carbonyl (C=O) groups is 2. The van der Waals surface area contributed by atoms with Gasteiger partial charge < -0.3 is 15.1 Å². The molecule has 1 saturated heterocycles. The van der Waals surface area contributed by atoms with Gasteiger partial charge in [-0.3, -0.25) is 4.79 Å². The highest BCUT2D eigenvalue weighted by molar-refractivity contribution is 7.14. The third kappa shape index (κ3) is 4.15. The molecule has 2 N–H and O–H groups in total. The molecule has 1 aliphatic heterocycles. The first-order valence-corrected chi connectivity index (χ1v) is 7.86. The van der Waals surface area contributed by atoms with Crippen molar-refractivity contribution in [1.82, 2.24) is 4.90 Å². The Hall–Kier alpha value is -1.66. The van der Waals surface area contributed by atoms with Gasteiger partial charge in [-0.1, -0.05) is 12.8 Å². The van der Waals surface area contributed by atoms with Gasteiger partial charge >= 0.3 is 5.97 Å². The van der Waals surface area contributed by atoms with Crippen molar-refractivity contribution >= 4 is 29.3 Å². The van der Waals surface area contributed by atoms with Gasteiger partial charge in [0.15, 0.2) is 0 Å². The maximum absolute atomic E-state index is 12.6. The first kappa shape index (κ1) is 15.7. The van der Waals surface area contributed by atoms with Crippen LogP contribution >= 0.6 is 11.3 Å². The fourth-order valence-electron chi connectivity index (χ4n) is 2.49. The summed E-state index contributed by atoms with van der Waals surface area (Å²) in [6.45, 7) is 0.658. The lowest BCUT2D eigenvalue weighted by molar-refractivity contribution is -0.131. The average Bonchev–Trinajstić information content (AvgIpc) is 2.81. The highest BCUT2D eigenvalue weighted by atomic mass is 32.1. The summed E-state index contributed by atoms with van der Waals surface area (Å²) in [4.78, 5) is 26.1. The van der Waals surface area contributed by atoms with Crippen LogP contribution in [0.1, 0.15) is 40.2 Å². The maximum Gasteiger partial charge on any atom is 0.328 e. The minimum atomic E-state index is -1.01. The van der Waals surface area contributed by atoms with Crippen LogP contribution in [-0.4, -0.2) is 46.2 Å². The van der Waals surface area contributed by atoms with E-state index in [1.807, 2.05) is 0 Å². The summed E-state index contributed by atoms with van der Waals surface area (Å²) in [6.07, 6.45) is 6.44. The number of likely N-dealkylation sites (tertiary alicyclic amines) is 1. The van der Waals surface area contributed by atoms with Crippen LogP contribution in [0.25, 0.3) is 6.08 Å². The molecule has 2 rings (SSSR count). The van der Waals surface area contributed by atoms with E-state index < -0.39 is 5.97 Å². The van der Waals surface area contributed by atoms with Crippen LogP contribution in [0.4, 0.5) is 0 Å². The van der Waals surface area contributed by atoms with Crippen molar-refractivity contribution in [2.24, 2.45) is 0 Å². The molecule has 1 aliphatic rings. The number of thiophene rings is 1. The number of aliphatic hydroxyl groups excluding tert-OH is 1. The van der Waals surface area contributed by atoms with Crippen LogP contribution in [0.5, 0.6) is 0 Å². The Kier molecular flexibility index (Phi) is 5.52. The fraction of sp³-hybridized carbons (Fsp3) is 0.467. The smallest absolute Gasteiger partial charge is 0.328 e. The molecule has 0 saturated carbocycles. The van der Waals surface area contributed by atoms with E-state index >= 15 is 0 Å². The van der Waals surface area contributed by atoms with Crippen molar-refractivity contribution in [3.63, 3.8) is 0 Å². The Morgan fingerprint density at radius 1 is 1.33 bits per heavy atom. The summed E-state index contributed by atoms with van der Waals surface area (Å²) >= 11 is 1.27. The number of hydrogen-bond donors (Lipinski definition) is 2. The SMILES string of the molecule is O=C(O)/C=C/c1ccc(C(=O)N2CCCCCC2CO)s1. The molecule has 1 aromatic rings. The summed E-state index contributed by atoms with van der Waals surface area (Å²) in [5, 5.41) is 18.1. The zero-order valence-electron chi connectivity index (χ0n) is 11.7. The number of aliphatic carboxylic acids is 1. The van der Waals surface area contributed by atoms with Crippen LogP contribution in [0, 0.1) is 0 Å². The normalized spacial score (nSPS) is 19.7. The van der Waals surface area contributed by atoms with E-state index in [2.05, 4.69) is 0 Å². The number of carboxylic acids is 1. The lowest BCUT2D eigenvalue weighted by Gasteiger charge is -2.28. The zero-order valence-corrected chi connectivity index (χ0v) is 12.5. The van der Waals surface area contributed by atoms with Crippen molar-refractivity contribution in [2.75, 3.05) is 13.2 Å². The monoisotopic (exact) mass is 309 g/mol. The number of aliphatic hydroxyl groups is 1. The molecule has 6 heteroatoms. The minimum absolute atomic E-state index is 0.0110. The third-order valence-electron chi connectivity index (χ3n) is 3.58. The largest absolute Gasteiger partial charge is 0.478 e. The van der Waals surface area contributed by atoms with Crippen molar-refractivity contribution in [1.29, 1.82) is 0 Å². The van der Waals surface area contributed by atoms with E-state index in [1.165, 1.54) is 17.4 Å². The molecule has 114 valence electrons. The third-order valence-corrected chi connectivity index (χ3v) is 4.61. The molecule has 0 spiro atoms. The molecule has 2 heterocycles. The number of rotatable bonds is 4. The molecule has 0 aliphatic carbocycles. The van der Waals surface area contributed by atoms with E-state index in [0.717, 1.165) is 36.6 Å². The molecule has 5 nitrogen and oxygen atoms in total. The van der Waals surface area contributed by atoms with Gasteiger partial charge in [0.1, 0.15) is 0 Å². The topological polar surface area (TPSA) is 77.8 Å². The van der Waals surface area contributed by atoms with Crippen molar-refractivity contribution in [3.05, 3.63) is 28.0 Å². The van der Waals surface area contributed by atoms with Gasteiger partial charge in [-0.25, -0.2) is 4.79 Å². The molecular weight excluding hydrogens is 290 g/mol. The van der Waals surface area contributed by atoms with E-state index in [0.29, 0.717) is 11.4 Å². The lowest BCUT2D eigenvalue weighted by Crippen LogP contribution is -2.41. The van der Waals surface area contributed by atoms with E-state index in [9.17, 15) is 14.7 Å². The quantitative estimate of drug-likeness (QED) is 0.836. The molecule has 0 bridgehead atoms. The highest BCUT2D eigenvalue weighted by Gasteiger charge is 2.26. The van der Waals surface area contributed by atoms with Crippen molar-refractivity contribution in [2.45, 2.75) is 31.7 Å². The fourth-order valence-corrected chi connectivity index (χ4v) is 3.35. The molecular formula is C15H19NO4S. The first-order valence-electron chi connectivity index (χ1n) is 7.04. The number of hydrogen-bond acceptors (Lipinski definition) is 4. The van der Waals surface area contributed by atoms with Gasteiger partial charge in [0.05, 0.1) is 17.5 Å². The van der Waals surface area contributed by atoms with Gasteiger partial charge in [0, 0.05) is 17.5 Å². The highest BCUT2D eigenvalue weighted by Crippen LogP contribution is 2.24. The lowest BCUT2D eigenvalue weighted by atomic mass is 10.1. The predicted molar refractivity (Wildman–Crippen MR) is 81.4 cm³/mol. The molecule has 1 fully saturated rings. The van der Waals surface area contributed by atoms with Crippen molar-refractivity contribution < 1.29 is 19.8 Å². The van der Waals surface area contributed by atoms with Gasteiger partial charge in [0.2, 0.25) is 0 Å². The summed E-state index contributed by atoms with van der Waals surface area (Å²) in [5.41, 5.74) is 0. The number of nitrogens with zero attached hydrogens (tertiary/aromatic N) is 1. The second-order valence-electron chi connectivity index (χ2n) is 5.06. The van der Waals surface area contributed by atoms with Crippen LogP contribution in [0.3, 0.4) is 0 Å². The first-order chi connectivity index (χ1) is 10.1. The Morgan fingerprint density at radius 3 is 2.86 bits per heavy atom. The molecule has 1 unspecified atom stereocenters. The average molecular weight is 309 g/mol. The second-order valence-corrected chi connectivity index (χ2v) is 6.17. The second kappa shape index (κ2) is 7.38. The minimum Gasteiger partial charge on any atom is -0.478 e. The number of carboxylic acid groups (broad SMARTS) is 1. The molecule has 1 atom stereocenters. The van der Waals surface area contributed by atoms with Crippen LogP contribution in [0.2, 0.25) is 0 Å². The molecule has 1 aromatic heterocycles. The Bertz CT molecular complexity index is 538. The summed E-state index contributed by atoms with van der Waals surface area (Å²) < 4.78 is 0. The Labute approximate surface area is 127 Å². The van der Waals surface area contributed by atoms with Crippen LogP contribution in [0.15, 0.2) is 18.2 Å². The molecule has 0 aromatic carbocycles. The van der Waals surface area contributed by atoms with Gasteiger partial charge in [-0.15, -0.1) is 11.3 Å². The summed E-state index contributed by atoms with van der Waals surface area (Å²) in [5.74, 6) is -1.08. The van der Waals surface area contributed by atoms with Gasteiger partial charge in [-0.2, -0.15) is 0 Å².